The van der Waals surface area contributed by atoms with Gasteiger partial charge in [0.05, 0.1) is 0 Å². The molecule has 1 aromatic carbocycles. The molecule has 0 N–H and O–H groups in total. The second-order valence-corrected chi connectivity index (χ2v) is 4.87. The Morgan fingerprint density at radius 3 is 2.39 bits per heavy atom. The van der Waals surface area contributed by atoms with Gasteiger partial charge in [0, 0.05) is 28.2 Å². The predicted octanol–water partition coefficient (Wildman–Crippen LogP) is 4.47. The van der Waals surface area contributed by atoms with Crippen LogP contribution in [0.15, 0.2) is 36.5 Å². The van der Waals surface area contributed by atoms with Crippen LogP contribution in [0.5, 0.6) is 0 Å². The SMILES string of the molecule is O=C(Cc1c(Cl)cccc1Cl)c1ccnc(Cl)c1. The van der Waals surface area contributed by atoms with Gasteiger partial charge < -0.3 is 0 Å². The zero-order valence-electron chi connectivity index (χ0n) is 9.16. The Hall–Kier alpha value is -1.09. The van der Waals surface area contributed by atoms with E-state index in [9.17, 15) is 4.79 Å². The van der Waals surface area contributed by atoms with Crippen LogP contribution in [-0.4, -0.2) is 10.8 Å². The number of rotatable bonds is 3. The van der Waals surface area contributed by atoms with E-state index in [0.717, 1.165) is 0 Å². The first-order valence-electron chi connectivity index (χ1n) is 5.15. The molecule has 18 heavy (non-hydrogen) atoms. The lowest BCUT2D eigenvalue weighted by molar-refractivity contribution is 0.0993. The van der Waals surface area contributed by atoms with Gasteiger partial charge in [-0.2, -0.15) is 0 Å². The molecule has 92 valence electrons. The number of carbonyl (C=O) groups excluding carboxylic acids is 1. The normalized spacial score (nSPS) is 10.4. The number of Topliss-reactive ketones (excluding diaryl/α,β-unsaturated/α-hetero) is 1. The monoisotopic (exact) mass is 299 g/mol. The fourth-order valence-electron chi connectivity index (χ4n) is 1.54. The standard InChI is InChI=1S/C13H8Cl3NO/c14-10-2-1-3-11(15)9(10)7-12(18)8-4-5-17-13(16)6-8/h1-6H,7H2. The van der Waals surface area contributed by atoms with Crippen molar-refractivity contribution in [3.8, 4) is 0 Å². The summed E-state index contributed by atoms with van der Waals surface area (Å²) in [6, 6.07) is 8.28. The number of nitrogens with zero attached hydrogens (tertiary/aromatic N) is 1. The van der Waals surface area contributed by atoms with Crippen LogP contribution in [0.4, 0.5) is 0 Å². The molecule has 2 aromatic rings. The molecular formula is C13H8Cl3NO. The number of pyridine rings is 1. The van der Waals surface area contributed by atoms with Gasteiger partial charge in [-0.3, -0.25) is 4.79 Å². The lowest BCUT2D eigenvalue weighted by Crippen LogP contribution is -2.04. The van der Waals surface area contributed by atoms with Crippen LogP contribution >= 0.6 is 34.8 Å². The highest BCUT2D eigenvalue weighted by Gasteiger charge is 2.13. The van der Waals surface area contributed by atoms with Crippen LogP contribution in [0.2, 0.25) is 15.2 Å². The molecule has 0 atom stereocenters. The molecule has 0 aliphatic rings. The van der Waals surface area contributed by atoms with E-state index in [1.54, 1.807) is 24.3 Å². The Labute approximate surface area is 120 Å². The summed E-state index contributed by atoms with van der Waals surface area (Å²) >= 11 is 17.8. The quantitative estimate of drug-likeness (QED) is 0.618. The van der Waals surface area contributed by atoms with Crippen molar-refractivity contribution in [1.29, 1.82) is 0 Å². The number of ketones is 1. The Kier molecular flexibility index (Phi) is 4.23. The highest BCUT2D eigenvalue weighted by atomic mass is 35.5. The van der Waals surface area contributed by atoms with Crippen LogP contribution in [0, 0.1) is 0 Å². The van der Waals surface area contributed by atoms with Gasteiger partial charge in [0.15, 0.2) is 5.78 Å². The van der Waals surface area contributed by atoms with Crippen LogP contribution in [0.3, 0.4) is 0 Å². The van der Waals surface area contributed by atoms with Gasteiger partial charge in [-0.05, 0) is 29.8 Å². The predicted molar refractivity (Wildman–Crippen MR) is 73.7 cm³/mol. The van der Waals surface area contributed by atoms with E-state index < -0.39 is 0 Å². The number of carbonyl (C=O) groups is 1. The molecule has 0 amide bonds. The topological polar surface area (TPSA) is 30.0 Å². The van der Waals surface area contributed by atoms with E-state index >= 15 is 0 Å². The molecule has 0 spiro atoms. The maximum Gasteiger partial charge on any atom is 0.167 e. The molecule has 0 bridgehead atoms. The van der Waals surface area contributed by atoms with Gasteiger partial charge in [-0.15, -0.1) is 0 Å². The summed E-state index contributed by atoms with van der Waals surface area (Å²) in [4.78, 5) is 15.9. The molecule has 1 heterocycles. The van der Waals surface area contributed by atoms with Crippen molar-refractivity contribution >= 4 is 40.6 Å². The van der Waals surface area contributed by atoms with Gasteiger partial charge in [0.1, 0.15) is 5.15 Å². The molecular weight excluding hydrogens is 293 g/mol. The van der Waals surface area contributed by atoms with Crippen molar-refractivity contribution in [3.05, 3.63) is 62.9 Å². The van der Waals surface area contributed by atoms with Gasteiger partial charge >= 0.3 is 0 Å². The molecule has 5 heteroatoms. The lowest BCUT2D eigenvalue weighted by atomic mass is 10.0. The van der Waals surface area contributed by atoms with Gasteiger partial charge in [0.2, 0.25) is 0 Å². The van der Waals surface area contributed by atoms with Crippen molar-refractivity contribution in [1.82, 2.24) is 4.98 Å². The van der Waals surface area contributed by atoms with Crippen molar-refractivity contribution in [2.45, 2.75) is 6.42 Å². The molecule has 0 radical (unpaired) electrons. The first kappa shape index (κ1) is 13.3. The minimum absolute atomic E-state index is 0.102. The summed E-state index contributed by atoms with van der Waals surface area (Å²) in [5.41, 5.74) is 1.12. The third kappa shape index (κ3) is 3.02. The van der Waals surface area contributed by atoms with Crippen molar-refractivity contribution in [2.24, 2.45) is 0 Å². The van der Waals surface area contributed by atoms with Gasteiger partial charge in [-0.1, -0.05) is 40.9 Å². The van der Waals surface area contributed by atoms with Crippen molar-refractivity contribution in [3.63, 3.8) is 0 Å². The first-order valence-corrected chi connectivity index (χ1v) is 6.29. The fourth-order valence-corrected chi connectivity index (χ4v) is 2.24. The molecule has 0 saturated carbocycles. The Balaban J connectivity index is 2.27. The summed E-state index contributed by atoms with van der Waals surface area (Å²) in [6.07, 6.45) is 1.63. The molecule has 0 fully saturated rings. The summed E-state index contributed by atoms with van der Waals surface area (Å²) in [6.45, 7) is 0. The molecule has 2 nitrogen and oxygen atoms in total. The second-order valence-electron chi connectivity index (χ2n) is 3.67. The number of aromatic nitrogens is 1. The number of benzene rings is 1. The molecule has 1 aromatic heterocycles. The molecule has 0 saturated heterocycles. The smallest absolute Gasteiger partial charge is 0.167 e. The van der Waals surface area contributed by atoms with Crippen LogP contribution in [0.25, 0.3) is 0 Å². The van der Waals surface area contributed by atoms with E-state index in [0.29, 0.717) is 21.2 Å². The average molecular weight is 301 g/mol. The zero-order chi connectivity index (χ0) is 13.1. The highest BCUT2D eigenvalue weighted by molar-refractivity contribution is 6.36. The summed E-state index contributed by atoms with van der Waals surface area (Å²) in [7, 11) is 0. The maximum atomic E-state index is 12.1. The third-order valence-electron chi connectivity index (χ3n) is 2.45. The Morgan fingerprint density at radius 1 is 1.11 bits per heavy atom. The molecule has 2 rings (SSSR count). The van der Waals surface area contributed by atoms with E-state index in [1.165, 1.54) is 12.3 Å². The summed E-state index contributed by atoms with van der Waals surface area (Å²) < 4.78 is 0. The second kappa shape index (κ2) is 5.70. The first-order chi connectivity index (χ1) is 8.58. The van der Waals surface area contributed by atoms with Crippen molar-refractivity contribution in [2.75, 3.05) is 0 Å². The van der Waals surface area contributed by atoms with Crippen LogP contribution < -0.4 is 0 Å². The number of hydrogen-bond donors (Lipinski definition) is 0. The van der Waals surface area contributed by atoms with Gasteiger partial charge in [-0.25, -0.2) is 4.98 Å². The largest absolute Gasteiger partial charge is 0.294 e. The van der Waals surface area contributed by atoms with Gasteiger partial charge in [0.25, 0.3) is 0 Å². The summed E-state index contributed by atoms with van der Waals surface area (Å²) in [5, 5.41) is 1.25. The average Bonchev–Trinajstić information content (AvgIpc) is 2.34. The highest BCUT2D eigenvalue weighted by Crippen LogP contribution is 2.25. The van der Waals surface area contributed by atoms with E-state index in [1.807, 2.05) is 0 Å². The van der Waals surface area contributed by atoms with E-state index in [4.69, 9.17) is 34.8 Å². The van der Waals surface area contributed by atoms with Crippen LogP contribution in [0.1, 0.15) is 15.9 Å². The van der Waals surface area contributed by atoms with Crippen molar-refractivity contribution < 1.29 is 4.79 Å². The summed E-state index contributed by atoms with van der Waals surface area (Å²) in [5.74, 6) is -0.102. The van der Waals surface area contributed by atoms with E-state index in [-0.39, 0.29) is 17.4 Å². The Morgan fingerprint density at radius 2 is 1.78 bits per heavy atom. The zero-order valence-corrected chi connectivity index (χ0v) is 11.4. The van der Waals surface area contributed by atoms with E-state index in [2.05, 4.69) is 4.98 Å². The minimum atomic E-state index is -0.102. The number of hydrogen-bond acceptors (Lipinski definition) is 2. The van der Waals surface area contributed by atoms with Crippen LogP contribution in [-0.2, 0) is 6.42 Å². The molecule has 0 aliphatic heterocycles. The maximum absolute atomic E-state index is 12.1. The lowest BCUT2D eigenvalue weighted by Gasteiger charge is -2.06. The molecule has 0 aliphatic carbocycles. The fraction of sp³-hybridized carbons (Fsp3) is 0.0769. The molecule has 0 unspecified atom stereocenters. The minimum Gasteiger partial charge on any atom is -0.294 e. The number of halogens is 3. The Bertz CT molecular complexity index is 578. The third-order valence-corrected chi connectivity index (χ3v) is 3.36.